The van der Waals surface area contributed by atoms with E-state index in [9.17, 15) is 14.5 Å². The van der Waals surface area contributed by atoms with Gasteiger partial charge in [-0.3, -0.25) is 15.1 Å². The number of hydrogen-bond donors (Lipinski definition) is 1. The minimum Gasteiger partial charge on any atom is -0.327 e. The fraction of sp³-hybridized carbons (Fsp3) is 0.357. The van der Waals surface area contributed by atoms with Gasteiger partial charge in [0.2, 0.25) is 0 Å². The minimum atomic E-state index is -0.616. The van der Waals surface area contributed by atoms with Crippen molar-refractivity contribution in [2.24, 2.45) is 5.73 Å². The summed E-state index contributed by atoms with van der Waals surface area (Å²) in [5, 5.41) is 11.3. The van der Waals surface area contributed by atoms with Gasteiger partial charge >= 0.3 is 0 Å². The van der Waals surface area contributed by atoms with Crippen LogP contribution in [0.4, 0.5) is 10.1 Å². The van der Waals surface area contributed by atoms with Gasteiger partial charge < -0.3 is 5.73 Å². The van der Waals surface area contributed by atoms with Gasteiger partial charge in [-0.2, -0.15) is 0 Å². The molecule has 6 heteroatoms. The summed E-state index contributed by atoms with van der Waals surface area (Å²) in [7, 11) is 0. The highest BCUT2D eigenvalue weighted by Gasteiger charge is 2.20. The van der Waals surface area contributed by atoms with Crippen LogP contribution in [-0.2, 0) is 6.42 Å². The first-order chi connectivity index (χ1) is 9.54. The Morgan fingerprint density at radius 2 is 2.30 bits per heavy atom. The van der Waals surface area contributed by atoms with Gasteiger partial charge in [0, 0.05) is 17.8 Å². The van der Waals surface area contributed by atoms with E-state index in [0.717, 1.165) is 18.9 Å². The number of pyridine rings is 1. The normalized spacial score (nSPS) is 12.6. The van der Waals surface area contributed by atoms with Gasteiger partial charge in [0.25, 0.3) is 5.69 Å². The van der Waals surface area contributed by atoms with E-state index in [-0.39, 0.29) is 11.7 Å². The van der Waals surface area contributed by atoms with Gasteiger partial charge in [-0.25, -0.2) is 4.39 Å². The van der Waals surface area contributed by atoms with E-state index in [1.165, 1.54) is 6.20 Å². The summed E-state index contributed by atoms with van der Waals surface area (Å²) in [4.78, 5) is 14.5. The molecule has 1 aromatic heterocycles. The maximum Gasteiger partial charge on any atom is 0.281 e. The zero-order chi connectivity index (χ0) is 14.7. The summed E-state index contributed by atoms with van der Waals surface area (Å²) in [6.07, 6.45) is 3.50. The lowest BCUT2D eigenvalue weighted by atomic mass is 9.99. The monoisotopic (exact) mass is 277 g/mol. The third kappa shape index (κ3) is 2.75. The number of rotatable bonds is 5. The van der Waals surface area contributed by atoms with Crippen LogP contribution in [0.1, 0.15) is 25.3 Å². The van der Waals surface area contributed by atoms with Crippen molar-refractivity contribution in [1.82, 2.24) is 4.98 Å². The van der Waals surface area contributed by atoms with Crippen LogP contribution in [0, 0.1) is 15.9 Å². The number of nitrogens with two attached hydrogens (primary N) is 1. The third-order valence-electron chi connectivity index (χ3n) is 3.24. The first-order valence-corrected chi connectivity index (χ1v) is 6.50. The van der Waals surface area contributed by atoms with Crippen LogP contribution < -0.4 is 5.73 Å². The van der Waals surface area contributed by atoms with Gasteiger partial charge in [0.15, 0.2) is 0 Å². The van der Waals surface area contributed by atoms with Gasteiger partial charge in [-0.1, -0.05) is 13.3 Å². The van der Waals surface area contributed by atoms with Crippen molar-refractivity contribution in [2.45, 2.75) is 32.2 Å². The molecule has 1 heterocycles. The van der Waals surface area contributed by atoms with Crippen LogP contribution in [0.3, 0.4) is 0 Å². The minimum absolute atomic E-state index is 0.179. The van der Waals surface area contributed by atoms with Crippen molar-refractivity contribution >= 4 is 16.6 Å². The molecule has 20 heavy (non-hydrogen) atoms. The number of hydrogen-bond acceptors (Lipinski definition) is 4. The Balaban J connectivity index is 2.58. The Kier molecular flexibility index (Phi) is 4.24. The molecule has 106 valence electrons. The number of nitrogens with zero attached hydrogens (tertiary/aromatic N) is 2. The van der Waals surface area contributed by atoms with Crippen molar-refractivity contribution in [3.8, 4) is 0 Å². The molecule has 2 aromatic rings. The number of aromatic nitrogens is 1. The lowest BCUT2D eigenvalue weighted by Crippen LogP contribution is -2.23. The summed E-state index contributed by atoms with van der Waals surface area (Å²) >= 11 is 0. The van der Waals surface area contributed by atoms with Crippen LogP contribution in [0.5, 0.6) is 0 Å². The topological polar surface area (TPSA) is 82.0 Å². The smallest absolute Gasteiger partial charge is 0.281 e. The number of halogens is 1. The van der Waals surface area contributed by atoms with E-state index in [1.807, 2.05) is 6.92 Å². The van der Waals surface area contributed by atoms with E-state index >= 15 is 0 Å². The molecule has 5 nitrogen and oxygen atoms in total. The zero-order valence-electron chi connectivity index (χ0n) is 11.2. The molecule has 1 aromatic carbocycles. The molecule has 0 spiro atoms. The van der Waals surface area contributed by atoms with E-state index in [0.29, 0.717) is 22.9 Å². The summed E-state index contributed by atoms with van der Waals surface area (Å²) in [6, 6.07) is 3.96. The van der Waals surface area contributed by atoms with Crippen LogP contribution in [0.15, 0.2) is 24.4 Å². The van der Waals surface area contributed by atoms with Gasteiger partial charge in [0.1, 0.15) is 5.82 Å². The molecule has 0 radical (unpaired) electrons. The second-order valence-corrected chi connectivity index (χ2v) is 4.77. The highest BCUT2D eigenvalue weighted by atomic mass is 19.1. The number of nitro groups is 1. The van der Waals surface area contributed by atoms with Crippen molar-refractivity contribution in [1.29, 1.82) is 0 Å². The lowest BCUT2D eigenvalue weighted by molar-refractivity contribution is -0.383. The molecule has 2 rings (SSSR count). The van der Waals surface area contributed by atoms with Crippen LogP contribution in [-0.4, -0.2) is 15.9 Å². The van der Waals surface area contributed by atoms with E-state index in [4.69, 9.17) is 5.73 Å². The fourth-order valence-corrected chi connectivity index (χ4v) is 2.33. The second kappa shape index (κ2) is 5.92. The molecule has 1 unspecified atom stereocenters. The van der Waals surface area contributed by atoms with Crippen molar-refractivity contribution in [3.05, 3.63) is 45.9 Å². The molecule has 2 N–H and O–H groups in total. The van der Waals surface area contributed by atoms with E-state index < -0.39 is 10.7 Å². The quantitative estimate of drug-likeness (QED) is 0.672. The Labute approximate surface area is 115 Å². The first-order valence-electron chi connectivity index (χ1n) is 6.50. The lowest BCUT2D eigenvalue weighted by Gasteiger charge is -2.13. The maximum atomic E-state index is 14.1. The van der Waals surface area contributed by atoms with Crippen molar-refractivity contribution < 1.29 is 9.31 Å². The highest BCUT2D eigenvalue weighted by molar-refractivity contribution is 5.90. The van der Waals surface area contributed by atoms with Gasteiger partial charge in [-0.05, 0) is 25.0 Å². The number of fused-ring (bicyclic) bond motifs is 1. The highest BCUT2D eigenvalue weighted by Crippen LogP contribution is 2.30. The molecular weight excluding hydrogens is 261 g/mol. The molecule has 0 bridgehead atoms. The Morgan fingerprint density at radius 3 is 2.95 bits per heavy atom. The number of benzene rings is 1. The van der Waals surface area contributed by atoms with Crippen molar-refractivity contribution in [2.75, 3.05) is 0 Å². The molecular formula is C14H16FN3O2. The average molecular weight is 277 g/mol. The summed E-state index contributed by atoms with van der Waals surface area (Å²) in [5.41, 5.74) is 6.36. The van der Waals surface area contributed by atoms with Gasteiger partial charge in [0.05, 0.1) is 21.9 Å². The van der Waals surface area contributed by atoms with E-state index in [1.54, 1.807) is 12.1 Å². The van der Waals surface area contributed by atoms with E-state index in [2.05, 4.69) is 4.98 Å². The summed E-state index contributed by atoms with van der Waals surface area (Å²) in [6.45, 7) is 2.00. The SMILES string of the molecule is CCCC(N)Cc1c(F)cc([N+](=O)[O-])c2cccnc12. The molecule has 0 fully saturated rings. The second-order valence-electron chi connectivity index (χ2n) is 4.77. The fourth-order valence-electron chi connectivity index (χ4n) is 2.33. The molecule has 0 aliphatic rings. The Morgan fingerprint density at radius 1 is 1.55 bits per heavy atom. The number of non-ortho nitro benzene ring substituents is 1. The Hall–Kier alpha value is -2.08. The molecule has 0 aliphatic heterocycles. The number of nitro benzene ring substituents is 1. The van der Waals surface area contributed by atoms with Crippen LogP contribution >= 0.6 is 0 Å². The average Bonchev–Trinajstić information content (AvgIpc) is 2.41. The summed E-state index contributed by atoms with van der Waals surface area (Å²) < 4.78 is 14.1. The molecule has 0 aliphatic carbocycles. The Bertz CT molecular complexity index is 646. The first kappa shape index (κ1) is 14.3. The zero-order valence-corrected chi connectivity index (χ0v) is 11.2. The van der Waals surface area contributed by atoms with Crippen molar-refractivity contribution in [3.63, 3.8) is 0 Å². The van der Waals surface area contributed by atoms with Crippen LogP contribution in [0.25, 0.3) is 10.9 Å². The summed E-state index contributed by atoms with van der Waals surface area (Å²) in [5.74, 6) is -0.616. The predicted molar refractivity (Wildman–Crippen MR) is 74.9 cm³/mol. The standard InChI is InChI=1S/C14H16FN3O2/c1-2-4-9(16)7-11-12(15)8-13(18(19)20)10-5-3-6-17-14(10)11/h3,5-6,8-9H,2,4,7,16H2,1H3. The molecule has 0 amide bonds. The molecule has 0 saturated heterocycles. The predicted octanol–water partition coefficient (Wildman–Crippen LogP) is 2.95. The molecule has 0 saturated carbocycles. The van der Waals surface area contributed by atoms with Crippen LogP contribution in [0.2, 0.25) is 0 Å². The maximum absolute atomic E-state index is 14.1. The molecule has 1 atom stereocenters. The largest absolute Gasteiger partial charge is 0.327 e. The third-order valence-corrected chi connectivity index (χ3v) is 3.24. The van der Waals surface area contributed by atoms with Gasteiger partial charge in [-0.15, -0.1) is 0 Å².